The van der Waals surface area contributed by atoms with Gasteiger partial charge < -0.3 is 14.6 Å². The average molecular weight is 514 g/mol. The molecule has 0 bridgehead atoms. The molecule has 0 saturated heterocycles. The number of carbonyl (C=O) groups excluding carboxylic acids is 1. The van der Waals surface area contributed by atoms with Gasteiger partial charge in [0.25, 0.3) is 0 Å². The molecular weight excluding hydrogens is 491 g/mol. The fraction of sp³-hybridized carbons (Fsp3) is 0.318. The Morgan fingerprint density at radius 3 is 2.44 bits per heavy atom. The predicted octanol–water partition coefficient (Wildman–Crippen LogP) is 6.69. The molecule has 3 aromatic rings. The molecule has 6 nitrogen and oxygen atoms in total. The Hall–Kier alpha value is -1.93. The summed E-state index contributed by atoms with van der Waals surface area (Å²) in [6, 6.07) is 11.0. The summed E-state index contributed by atoms with van der Waals surface area (Å²) in [6.45, 7) is 6.68. The van der Waals surface area contributed by atoms with Crippen molar-refractivity contribution in [2.75, 3.05) is 11.1 Å². The van der Waals surface area contributed by atoms with Crippen molar-refractivity contribution < 1.29 is 9.53 Å². The van der Waals surface area contributed by atoms with Gasteiger partial charge in [0.15, 0.2) is 17.1 Å². The third-order valence-corrected chi connectivity index (χ3v) is 6.69. The van der Waals surface area contributed by atoms with E-state index in [1.54, 1.807) is 0 Å². The minimum absolute atomic E-state index is 0.127. The molecule has 32 heavy (non-hydrogen) atoms. The van der Waals surface area contributed by atoms with Crippen LogP contribution in [0.3, 0.4) is 0 Å². The molecule has 1 heterocycles. The minimum atomic E-state index is -0.298. The largest absolute Gasteiger partial charge is 0.483 e. The van der Waals surface area contributed by atoms with Crippen LogP contribution < -0.4 is 10.1 Å². The quantitative estimate of drug-likeness (QED) is 0.255. The first kappa shape index (κ1) is 24.7. The summed E-state index contributed by atoms with van der Waals surface area (Å²) in [5.74, 6) is 1.35. The van der Waals surface area contributed by atoms with Gasteiger partial charge in [-0.2, -0.15) is 0 Å². The molecule has 0 radical (unpaired) electrons. The van der Waals surface area contributed by atoms with E-state index in [0.29, 0.717) is 38.3 Å². The highest BCUT2D eigenvalue weighted by Gasteiger charge is 2.20. The zero-order valence-corrected chi connectivity index (χ0v) is 20.9. The van der Waals surface area contributed by atoms with Crippen LogP contribution in [0.4, 0.5) is 5.69 Å². The molecule has 0 spiro atoms. The first-order valence-corrected chi connectivity index (χ1v) is 12.2. The lowest BCUT2D eigenvalue weighted by Gasteiger charge is -2.16. The number of hydrogen-bond acceptors (Lipinski definition) is 5. The van der Waals surface area contributed by atoms with Gasteiger partial charge in [0, 0.05) is 6.54 Å². The fourth-order valence-corrected chi connectivity index (χ4v) is 4.40. The number of ether oxygens (including phenoxy) is 1. The number of aromatic nitrogens is 3. The second-order valence-electron chi connectivity index (χ2n) is 6.93. The molecule has 0 unspecified atom stereocenters. The van der Waals surface area contributed by atoms with E-state index in [2.05, 4.69) is 22.4 Å². The maximum absolute atomic E-state index is 12.4. The molecule has 0 aliphatic carbocycles. The number of nitrogens with one attached hydrogen (secondary N) is 1. The van der Waals surface area contributed by atoms with Gasteiger partial charge in [-0.1, -0.05) is 65.6 Å². The van der Waals surface area contributed by atoms with Gasteiger partial charge in [0.05, 0.1) is 26.5 Å². The molecule has 10 heteroatoms. The van der Waals surface area contributed by atoms with Gasteiger partial charge in [0.2, 0.25) is 5.91 Å². The van der Waals surface area contributed by atoms with Crippen molar-refractivity contribution in [3.63, 3.8) is 0 Å². The summed E-state index contributed by atoms with van der Waals surface area (Å²) in [7, 11) is 0. The molecule has 1 amide bonds. The number of rotatable bonds is 9. The zero-order valence-electron chi connectivity index (χ0n) is 17.9. The fourth-order valence-electron chi connectivity index (χ4n) is 3.00. The van der Waals surface area contributed by atoms with Crippen molar-refractivity contribution in [1.82, 2.24) is 14.8 Å². The minimum Gasteiger partial charge on any atom is -0.483 e. The number of hydrogen-bond donors (Lipinski definition) is 1. The lowest BCUT2D eigenvalue weighted by molar-refractivity contribution is -0.113. The van der Waals surface area contributed by atoms with Crippen molar-refractivity contribution in [2.45, 2.75) is 45.0 Å². The van der Waals surface area contributed by atoms with E-state index in [1.807, 2.05) is 42.7 Å². The molecule has 1 aromatic heterocycles. The standard InChI is InChI=1S/C22H23Cl3N4O2S/c1-4-14-6-8-15(9-7-14)31-13(3)21-27-28-22(29(21)5-2)32-12-20(30)26-19-11-17(24)16(23)10-18(19)25/h6-11,13H,4-5,12H2,1-3H3,(H,26,30)/t13-/m0/s1. The topological polar surface area (TPSA) is 69.0 Å². The van der Waals surface area contributed by atoms with Crippen molar-refractivity contribution in [3.05, 3.63) is 62.9 Å². The van der Waals surface area contributed by atoms with Crippen molar-refractivity contribution in [1.29, 1.82) is 0 Å². The van der Waals surface area contributed by atoms with E-state index in [0.717, 1.165) is 12.2 Å². The normalized spacial score (nSPS) is 11.9. The highest BCUT2D eigenvalue weighted by atomic mass is 35.5. The van der Waals surface area contributed by atoms with Crippen LogP contribution in [0.15, 0.2) is 41.6 Å². The maximum Gasteiger partial charge on any atom is 0.234 e. The molecule has 170 valence electrons. The van der Waals surface area contributed by atoms with Crippen LogP contribution in [0.5, 0.6) is 5.75 Å². The number of carbonyl (C=O) groups is 1. The second kappa shape index (κ2) is 11.3. The lowest BCUT2D eigenvalue weighted by Crippen LogP contribution is -2.15. The summed E-state index contributed by atoms with van der Waals surface area (Å²) in [4.78, 5) is 12.4. The average Bonchev–Trinajstić information content (AvgIpc) is 3.19. The van der Waals surface area contributed by atoms with Gasteiger partial charge in [-0.3, -0.25) is 4.79 Å². The first-order chi connectivity index (χ1) is 15.3. The molecule has 0 fully saturated rings. The highest BCUT2D eigenvalue weighted by molar-refractivity contribution is 7.99. The van der Waals surface area contributed by atoms with Crippen LogP contribution in [0.2, 0.25) is 15.1 Å². The summed E-state index contributed by atoms with van der Waals surface area (Å²) >= 11 is 19.3. The Kier molecular flexibility index (Phi) is 8.71. The number of thioether (sulfide) groups is 1. The van der Waals surface area contributed by atoms with Crippen LogP contribution >= 0.6 is 46.6 Å². The number of benzene rings is 2. The van der Waals surface area contributed by atoms with Crippen LogP contribution in [0, 0.1) is 0 Å². The van der Waals surface area contributed by atoms with Gasteiger partial charge >= 0.3 is 0 Å². The Morgan fingerprint density at radius 1 is 1.09 bits per heavy atom. The smallest absolute Gasteiger partial charge is 0.234 e. The molecule has 1 atom stereocenters. The van der Waals surface area contributed by atoms with E-state index in [9.17, 15) is 4.79 Å². The number of amides is 1. The van der Waals surface area contributed by atoms with E-state index in [4.69, 9.17) is 39.5 Å². The number of aryl methyl sites for hydroxylation is 1. The van der Waals surface area contributed by atoms with E-state index in [-0.39, 0.29) is 17.8 Å². The number of anilines is 1. The summed E-state index contributed by atoms with van der Waals surface area (Å²) in [6.07, 6.45) is 0.680. The van der Waals surface area contributed by atoms with E-state index < -0.39 is 0 Å². The van der Waals surface area contributed by atoms with Crippen molar-refractivity contribution >= 4 is 58.2 Å². The van der Waals surface area contributed by atoms with Crippen molar-refractivity contribution in [3.8, 4) is 5.75 Å². The Balaban J connectivity index is 1.64. The number of halogens is 3. The highest BCUT2D eigenvalue weighted by Crippen LogP contribution is 2.32. The first-order valence-electron chi connectivity index (χ1n) is 10.1. The third kappa shape index (κ3) is 6.10. The van der Waals surface area contributed by atoms with Gasteiger partial charge in [0.1, 0.15) is 5.75 Å². The molecule has 0 aliphatic heterocycles. The Labute approximate surface area is 206 Å². The molecule has 3 rings (SSSR count). The predicted molar refractivity (Wildman–Crippen MR) is 131 cm³/mol. The lowest BCUT2D eigenvalue weighted by atomic mass is 10.2. The molecule has 1 N–H and O–H groups in total. The van der Waals surface area contributed by atoms with E-state index >= 15 is 0 Å². The van der Waals surface area contributed by atoms with Gasteiger partial charge in [-0.05, 0) is 50.1 Å². The zero-order chi connectivity index (χ0) is 23.3. The maximum atomic E-state index is 12.4. The van der Waals surface area contributed by atoms with Crippen LogP contribution in [0.1, 0.15) is 38.3 Å². The number of nitrogens with zero attached hydrogens (tertiary/aromatic N) is 3. The monoisotopic (exact) mass is 512 g/mol. The summed E-state index contributed by atoms with van der Waals surface area (Å²) < 4.78 is 7.98. The van der Waals surface area contributed by atoms with Crippen LogP contribution in [-0.2, 0) is 17.8 Å². The second-order valence-corrected chi connectivity index (χ2v) is 9.09. The van der Waals surface area contributed by atoms with Crippen LogP contribution in [-0.4, -0.2) is 26.4 Å². The molecular formula is C22H23Cl3N4O2S. The molecule has 0 saturated carbocycles. The van der Waals surface area contributed by atoms with Crippen LogP contribution in [0.25, 0.3) is 0 Å². The Morgan fingerprint density at radius 2 is 1.78 bits per heavy atom. The Bertz CT molecular complexity index is 1090. The SMILES string of the molecule is CCc1ccc(O[C@@H](C)c2nnc(SCC(=O)Nc3cc(Cl)c(Cl)cc3Cl)n2CC)cc1. The molecule has 0 aliphatic rings. The van der Waals surface area contributed by atoms with Gasteiger partial charge in [-0.15, -0.1) is 10.2 Å². The van der Waals surface area contributed by atoms with Crippen molar-refractivity contribution in [2.24, 2.45) is 0 Å². The molecule has 2 aromatic carbocycles. The summed E-state index contributed by atoms with van der Waals surface area (Å²) in [5, 5.41) is 12.9. The summed E-state index contributed by atoms with van der Waals surface area (Å²) in [5.41, 5.74) is 1.65. The van der Waals surface area contributed by atoms with Gasteiger partial charge in [-0.25, -0.2) is 0 Å². The third-order valence-electron chi connectivity index (χ3n) is 4.69. The van der Waals surface area contributed by atoms with E-state index in [1.165, 1.54) is 29.5 Å².